The molecule has 0 aliphatic carbocycles. The molecule has 1 aliphatic heterocycles. The predicted octanol–water partition coefficient (Wildman–Crippen LogP) is 3.19. The summed E-state index contributed by atoms with van der Waals surface area (Å²) in [6.07, 6.45) is 0.900. The molecule has 2 heterocycles. The van der Waals surface area contributed by atoms with E-state index in [2.05, 4.69) is 11.4 Å². The monoisotopic (exact) mass is 399 g/mol. The summed E-state index contributed by atoms with van der Waals surface area (Å²) in [5.41, 5.74) is 1.05. The van der Waals surface area contributed by atoms with Crippen LogP contribution in [-0.2, 0) is 16.0 Å². The van der Waals surface area contributed by atoms with Gasteiger partial charge in [0.15, 0.2) is 0 Å². The lowest BCUT2D eigenvalue weighted by atomic mass is 10.1. The second-order valence-electron chi connectivity index (χ2n) is 6.35. The Morgan fingerprint density at radius 1 is 1.36 bits per heavy atom. The van der Waals surface area contributed by atoms with Crippen LogP contribution in [0.4, 0.5) is 10.7 Å². The molecule has 28 heavy (non-hydrogen) atoms. The summed E-state index contributed by atoms with van der Waals surface area (Å²) in [5.74, 6) is 0.216. The van der Waals surface area contributed by atoms with Gasteiger partial charge in [0, 0.05) is 23.9 Å². The molecule has 1 aromatic heterocycles. The highest BCUT2D eigenvalue weighted by molar-refractivity contribution is 7.16. The van der Waals surface area contributed by atoms with Crippen molar-refractivity contribution in [2.45, 2.75) is 19.8 Å². The Balaban J connectivity index is 1.77. The van der Waals surface area contributed by atoms with Crippen molar-refractivity contribution in [2.24, 2.45) is 5.92 Å². The van der Waals surface area contributed by atoms with Gasteiger partial charge in [-0.2, -0.15) is 5.26 Å². The van der Waals surface area contributed by atoms with E-state index in [1.807, 2.05) is 6.92 Å². The molecule has 1 fully saturated rings. The van der Waals surface area contributed by atoms with Gasteiger partial charge in [0.25, 0.3) is 0 Å². The van der Waals surface area contributed by atoms with E-state index in [1.165, 1.54) is 18.4 Å². The lowest BCUT2D eigenvalue weighted by Crippen LogP contribution is -2.28. The van der Waals surface area contributed by atoms with E-state index < -0.39 is 5.92 Å². The fraction of sp³-hybridized carbons (Fsp3) is 0.350. The fourth-order valence-electron chi connectivity index (χ4n) is 3.13. The van der Waals surface area contributed by atoms with E-state index in [-0.39, 0.29) is 24.8 Å². The number of hydrogen-bond donors (Lipinski definition) is 1. The quantitative estimate of drug-likeness (QED) is 0.805. The number of amides is 2. The third-order valence-corrected chi connectivity index (χ3v) is 5.86. The number of rotatable bonds is 6. The summed E-state index contributed by atoms with van der Waals surface area (Å²) >= 11 is 1.39. The SMILES string of the molecule is CCc1cc(C#N)c(NC(=O)[C@@H]2CC(=O)N(c3ccc(OC)cc3OC)C2)s1. The zero-order chi connectivity index (χ0) is 20.3. The highest BCUT2D eigenvalue weighted by Crippen LogP contribution is 2.36. The number of nitrogens with one attached hydrogen (secondary N) is 1. The molecule has 2 amide bonds. The summed E-state index contributed by atoms with van der Waals surface area (Å²) in [6.45, 7) is 2.25. The van der Waals surface area contributed by atoms with Crippen LogP contribution in [0.3, 0.4) is 0 Å². The van der Waals surface area contributed by atoms with Crippen molar-refractivity contribution in [3.8, 4) is 17.6 Å². The van der Waals surface area contributed by atoms with Crippen molar-refractivity contribution in [3.63, 3.8) is 0 Å². The van der Waals surface area contributed by atoms with Gasteiger partial charge in [-0.05, 0) is 24.6 Å². The number of anilines is 2. The number of ether oxygens (including phenoxy) is 2. The average Bonchev–Trinajstić information content (AvgIpc) is 3.30. The first-order valence-electron chi connectivity index (χ1n) is 8.86. The van der Waals surface area contributed by atoms with Crippen LogP contribution in [-0.4, -0.2) is 32.6 Å². The van der Waals surface area contributed by atoms with Gasteiger partial charge < -0.3 is 19.7 Å². The molecule has 2 aromatic rings. The molecule has 0 unspecified atom stereocenters. The molecular weight excluding hydrogens is 378 g/mol. The fourth-order valence-corrected chi connectivity index (χ4v) is 4.08. The zero-order valence-corrected chi connectivity index (χ0v) is 16.8. The summed E-state index contributed by atoms with van der Waals surface area (Å²) in [6, 6.07) is 9.09. The minimum Gasteiger partial charge on any atom is -0.497 e. The van der Waals surface area contributed by atoms with E-state index in [4.69, 9.17) is 9.47 Å². The Bertz CT molecular complexity index is 947. The summed E-state index contributed by atoms with van der Waals surface area (Å²) in [5, 5.41) is 12.6. The van der Waals surface area contributed by atoms with Crippen LogP contribution in [0.15, 0.2) is 24.3 Å². The van der Waals surface area contributed by atoms with E-state index in [9.17, 15) is 14.9 Å². The normalized spacial score (nSPS) is 16.0. The molecule has 7 nitrogen and oxygen atoms in total. The lowest BCUT2D eigenvalue weighted by Gasteiger charge is -2.20. The molecule has 0 saturated carbocycles. The molecule has 1 saturated heterocycles. The molecular formula is C20H21N3O4S. The Morgan fingerprint density at radius 2 is 2.14 bits per heavy atom. The maximum Gasteiger partial charge on any atom is 0.230 e. The van der Waals surface area contributed by atoms with E-state index in [1.54, 1.807) is 36.3 Å². The second-order valence-corrected chi connectivity index (χ2v) is 7.49. The number of benzene rings is 1. The van der Waals surface area contributed by atoms with E-state index in [0.717, 1.165) is 11.3 Å². The average molecular weight is 399 g/mol. The number of nitrogens with zero attached hydrogens (tertiary/aromatic N) is 2. The van der Waals surface area contributed by atoms with Crippen molar-refractivity contribution >= 4 is 33.8 Å². The van der Waals surface area contributed by atoms with Crippen molar-refractivity contribution < 1.29 is 19.1 Å². The van der Waals surface area contributed by atoms with Gasteiger partial charge in [-0.15, -0.1) is 11.3 Å². The van der Waals surface area contributed by atoms with Gasteiger partial charge in [-0.3, -0.25) is 9.59 Å². The highest BCUT2D eigenvalue weighted by atomic mass is 32.1. The Kier molecular flexibility index (Phi) is 5.85. The van der Waals surface area contributed by atoms with E-state index in [0.29, 0.717) is 27.8 Å². The van der Waals surface area contributed by atoms with Crippen LogP contribution in [0.2, 0.25) is 0 Å². The first-order chi connectivity index (χ1) is 13.5. The van der Waals surface area contributed by atoms with E-state index >= 15 is 0 Å². The zero-order valence-electron chi connectivity index (χ0n) is 15.9. The number of thiophene rings is 1. The number of carbonyl (C=O) groups excluding carboxylic acids is 2. The number of methoxy groups -OCH3 is 2. The Labute approximate surface area is 167 Å². The van der Waals surface area contributed by atoms with Gasteiger partial charge in [-0.1, -0.05) is 6.92 Å². The topological polar surface area (TPSA) is 91.7 Å². The standard InChI is InChI=1S/C20H21N3O4S/c1-4-15-7-12(10-21)20(28-15)22-19(25)13-8-18(24)23(11-13)16-6-5-14(26-2)9-17(16)27-3/h5-7,9,13H,4,8,11H2,1-3H3,(H,22,25)/t13-/m1/s1. The van der Waals surface area contributed by atoms with Crippen molar-refractivity contribution in [2.75, 3.05) is 31.0 Å². The van der Waals surface area contributed by atoms with Crippen LogP contribution in [0.5, 0.6) is 11.5 Å². The Morgan fingerprint density at radius 3 is 2.79 bits per heavy atom. The van der Waals surface area contributed by atoms with Gasteiger partial charge >= 0.3 is 0 Å². The molecule has 146 valence electrons. The molecule has 1 aromatic carbocycles. The molecule has 0 spiro atoms. The minimum atomic E-state index is -0.502. The molecule has 1 N–H and O–H groups in total. The Hall–Kier alpha value is -3.05. The lowest BCUT2D eigenvalue weighted by molar-refractivity contribution is -0.122. The summed E-state index contributed by atoms with van der Waals surface area (Å²) in [4.78, 5) is 27.8. The van der Waals surface area contributed by atoms with Crippen molar-refractivity contribution in [1.29, 1.82) is 5.26 Å². The van der Waals surface area contributed by atoms with Crippen LogP contribution in [0, 0.1) is 17.2 Å². The smallest absolute Gasteiger partial charge is 0.230 e. The molecule has 0 radical (unpaired) electrons. The third kappa shape index (κ3) is 3.80. The number of hydrogen-bond acceptors (Lipinski definition) is 6. The number of aryl methyl sites for hydroxylation is 1. The third-order valence-electron chi connectivity index (χ3n) is 4.66. The maximum absolute atomic E-state index is 12.7. The van der Waals surface area contributed by atoms with Crippen molar-refractivity contribution in [3.05, 3.63) is 34.7 Å². The van der Waals surface area contributed by atoms with Gasteiger partial charge in [-0.25, -0.2) is 0 Å². The van der Waals surface area contributed by atoms with Crippen LogP contribution < -0.4 is 19.7 Å². The molecule has 0 bridgehead atoms. The molecule has 8 heteroatoms. The first kappa shape index (κ1) is 19.7. The maximum atomic E-state index is 12.7. The van der Waals surface area contributed by atoms with Crippen molar-refractivity contribution in [1.82, 2.24) is 0 Å². The predicted molar refractivity (Wildman–Crippen MR) is 107 cm³/mol. The van der Waals surface area contributed by atoms with Gasteiger partial charge in [0.05, 0.1) is 31.4 Å². The van der Waals surface area contributed by atoms with Crippen LogP contribution >= 0.6 is 11.3 Å². The molecule has 1 atom stereocenters. The largest absolute Gasteiger partial charge is 0.497 e. The number of nitriles is 1. The molecule has 1 aliphatic rings. The van der Waals surface area contributed by atoms with Gasteiger partial charge in [0.1, 0.15) is 22.6 Å². The summed E-state index contributed by atoms with van der Waals surface area (Å²) < 4.78 is 10.6. The minimum absolute atomic E-state index is 0.106. The van der Waals surface area contributed by atoms with Crippen LogP contribution in [0.1, 0.15) is 23.8 Å². The highest BCUT2D eigenvalue weighted by Gasteiger charge is 2.36. The van der Waals surface area contributed by atoms with Gasteiger partial charge in [0.2, 0.25) is 11.8 Å². The second kappa shape index (κ2) is 8.31. The van der Waals surface area contributed by atoms with Crippen LogP contribution in [0.25, 0.3) is 0 Å². The first-order valence-corrected chi connectivity index (χ1v) is 9.68. The number of carbonyl (C=O) groups is 2. The molecule has 3 rings (SSSR count). The summed E-state index contributed by atoms with van der Waals surface area (Å²) in [7, 11) is 3.08.